The average molecular weight is 273 g/mol. The Morgan fingerprint density at radius 1 is 1.37 bits per heavy atom. The van der Waals surface area contributed by atoms with Crippen molar-refractivity contribution in [3.05, 3.63) is 23.9 Å². The molecular weight excluding hydrogens is 255 g/mol. The SMILES string of the molecule is NCCC1CCCCN1c1ncccc1C(F)(F)F. The number of piperidine rings is 1. The van der Waals surface area contributed by atoms with Crippen molar-refractivity contribution in [2.75, 3.05) is 18.0 Å². The topological polar surface area (TPSA) is 42.1 Å². The molecule has 1 aliphatic heterocycles. The number of pyridine rings is 1. The van der Waals surface area contributed by atoms with Gasteiger partial charge in [0, 0.05) is 18.8 Å². The maximum absolute atomic E-state index is 13.0. The van der Waals surface area contributed by atoms with Crippen LogP contribution in [0.3, 0.4) is 0 Å². The summed E-state index contributed by atoms with van der Waals surface area (Å²) in [6, 6.07) is 2.49. The lowest BCUT2D eigenvalue weighted by Gasteiger charge is -2.37. The number of hydrogen-bond acceptors (Lipinski definition) is 3. The van der Waals surface area contributed by atoms with E-state index in [0.717, 1.165) is 25.3 Å². The third-order valence-corrected chi connectivity index (χ3v) is 3.49. The van der Waals surface area contributed by atoms with Crippen LogP contribution >= 0.6 is 0 Å². The van der Waals surface area contributed by atoms with Crippen LogP contribution in [0.25, 0.3) is 0 Å². The predicted octanol–water partition coefficient (Wildman–Crippen LogP) is 2.81. The highest BCUT2D eigenvalue weighted by molar-refractivity contribution is 5.49. The van der Waals surface area contributed by atoms with Gasteiger partial charge in [-0.1, -0.05) is 0 Å². The average Bonchev–Trinajstić information content (AvgIpc) is 2.39. The van der Waals surface area contributed by atoms with Crippen LogP contribution in [-0.4, -0.2) is 24.1 Å². The van der Waals surface area contributed by atoms with Crippen molar-refractivity contribution < 1.29 is 13.2 Å². The summed E-state index contributed by atoms with van der Waals surface area (Å²) in [7, 11) is 0. The molecule has 0 saturated carbocycles. The van der Waals surface area contributed by atoms with E-state index >= 15 is 0 Å². The molecule has 1 saturated heterocycles. The quantitative estimate of drug-likeness (QED) is 0.920. The van der Waals surface area contributed by atoms with Gasteiger partial charge in [0.25, 0.3) is 0 Å². The van der Waals surface area contributed by atoms with E-state index in [1.807, 2.05) is 0 Å². The normalized spacial score (nSPS) is 20.6. The minimum absolute atomic E-state index is 0.0492. The fourth-order valence-corrected chi connectivity index (χ4v) is 2.62. The molecule has 19 heavy (non-hydrogen) atoms. The Morgan fingerprint density at radius 3 is 2.84 bits per heavy atom. The zero-order chi connectivity index (χ0) is 13.9. The van der Waals surface area contributed by atoms with Gasteiger partial charge in [-0.25, -0.2) is 4.98 Å². The summed E-state index contributed by atoms with van der Waals surface area (Å²) in [5, 5.41) is 0. The van der Waals surface area contributed by atoms with Gasteiger partial charge in [-0.2, -0.15) is 13.2 Å². The Morgan fingerprint density at radius 2 is 2.16 bits per heavy atom. The van der Waals surface area contributed by atoms with E-state index < -0.39 is 11.7 Å². The van der Waals surface area contributed by atoms with E-state index in [4.69, 9.17) is 5.73 Å². The van der Waals surface area contributed by atoms with Crippen molar-refractivity contribution >= 4 is 5.82 Å². The van der Waals surface area contributed by atoms with Gasteiger partial charge < -0.3 is 10.6 Å². The van der Waals surface area contributed by atoms with Crippen molar-refractivity contribution in [3.63, 3.8) is 0 Å². The molecule has 1 aromatic heterocycles. The van der Waals surface area contributed by atoms with Crippen LogP contribution in [0.2, 0.25) is 0 Å². The summed E-state index contributed by atoms with van der Waals surface area (Å²) >= 11 is 0. The van der Waals surface area contributed by atoms with Gasteiger partial charge >= 0.3 is 6.18 Å². The van der Waals surface area contributed by atoms with E-state index in [0.29, 0.717) is 19.5 Å². The zero-order valence-electron chi connectivity index (χ0n) is 10.7. The molecule has 1 aromatic rings. The van der Waals surface area contributed by atoms with Crippen LogP contribution in [0, 0.1) is 0 Å². The van der Waals surface area contributed by atoms with Gasteiger partial charge in [-0.3, -0.25) is 0 Å². The number of hydrogen-bond donors (Lipinski definition) is 1. The predicted molar refractivity (Wildman–Crippen MR) is 67.9 cm³/mol. The second-order valence-electron chi connectivity index (χ2n) is 4.79. The summed E-state index contributed by atoms with van der Waals surface area (Å²) in [5.41, 5.74) is 4.90. The lowest BCUT2D eigenvalue weighted by atomic mass is 9.98. The number of nitrogens with zero attached hydrogens (tertiary/aromatic N) is 2. The number of anilines is 1. The van der Waals surface area contributed by atoms with Crippen LogP contribution in [-0.2, 0) is 6.18 Å². The molecule has 0 bridgehead atoms. The Bertz CT molecular complexity index is 418. The molecule has 3 nitrogen and oxygen atoms in total. The van der Waals surface area contributed by atoms with Crippen molar-refractivity contribution in [2.24, 2.45) is 5.73 Å². The fourth-order valence-electron chi connectivity index (χ4n) is 2.62. The first kappa shape index (κ1) is 14.1. The zero-order valence-corrected chi connectivity index (χ0v) is 10.7. The summed E-state index contributed by atoms with van der Waals surface area (Å²) in [6.45, 7) is 1.10. The molecule has 0 radical (unpaired) electrons. The monoisotopic (exact) mass is 273 g/mol. The molecule has 2 N–H and O–H groups in total. The lowest BCUT2D eigenvalue weighted by Crippen LogP contribution is -2.42. The molecule has 0 spiro atoms. The van der Waals surface area contributed by atoms with E-state index in [1.54, 1.807) is 4.90 Å². The summed E-state index contributed by atoms with van der Waals surface area (Å²) in [4.78, 5) is 5.74. The summed E-state index contributed by atoms with van der Waals surface area (Å²) in [6.07, 6.45) is 0.566. The molecule has 0 aromatic carbocycles. The first-order chi connectivity index (χ1) is 9.04. The second kappa shape index (κ2) is 5.77. The highest BCUT2D eigenvalue weighted by Crippen LogP contribution is 2.37. The third-order valence-electron chi connectivity index (χ3n) is 3.49. The van der Waals surface area contributed by atoms with Crippen LogP contribution in [0.1, 0.15) is 31.2 Å². The molecule has 2 heterocycles. The Labute approximate surface area is 110 Å². The number of halogens is 3. The summed E-state index contributed by atoms with van der Waals surface area (Å²) in [5.74, 6) is 0.0492. The first-order valence-corrected chi connectivity index (χ1v) is 6.53. The van der Waals surface area contributed by atoms with Gasteiger partial charge in [0.05, 0.1) is 5.56 Å². The van der Waals surface area contributed by atoms with E-state index in [1.165, 1.54) is 12.3 Å². The Kier molecular flexibility index (Phi) is 4.29. The highest BCUT2D eigenvalue weighted by Gasteiger charge is 2.37. The van der Waals surface area contributed by atoms with E-state index in [2.05, 4.69) is 4.98 Å². The van der Waals surface area contributed by atoms with Crippen LogP contribution in [0.5, 0.6) is 0 Å². The number of rotatable bonds is 3. The van der Waals surface area contributed by atoms with Crippen molar-refractivity contribution in [2.45, 2.75) is 37.9 Å². The highest BCUT2D eigenvalue weighted by atomic mass is 19.4. The number of nitrogens with two attached hydrogens (primary N) is 1. The van der Waals surface area contributed by atoms with E-state index in [9.17, 15) is 13.2 Å². The van der Waals surface area contributed by atoms with E-state index in [-0.39, 0.29) is 11.9 Å². The molecule has 106 valence electrons. The minimum Gasteiger partial charge on any atom is -0.353 e. The standard InChI is InChI=1S/C13H18F3N3/c14-13(15,16)11-5-3-8-18-12(11)19-9-2-1-4-10(19)6-7-17/h3,5,8,10H,1-2,4,6-7,9,17H2. The van der Waals surface area contributed by atoms with Crippen LogP contribution < -0.4 is 10.6 Å². The van der Waals surface area contributed by atoms with Crippen LogP contribution in [0.15, 0.2) is 18.3 Å². The van der Waals surface area contributed by atoms with Crippen LogP contribution in [0.4, 0.5) is 19.0 Å². The Hall–Kier alpha value is -1.30. The maximum Gasteiger partial charge on any atom is 0.419 e. The van der Waals surface area contributed by atoms with Crippen molar-refractivity contribution in [3.8, 4) is 0 Å². The lowest BCUT2D eigenvalue weighted by molar-refractivity contribution is -0.137. The molecule has 0 amide bonds. The van der Waals surface area contributed by atoms with Gasteiger partial charge in [0.15, 0.2) is 0 Å². The smallest absolute Gasteiger partial charge is 0.353 e. The summed E-state index contributed by atoms with van der Waals surface area (Å²) < 4.78 is 39.1. The molecule has 1 unspecified atom stereocenters. The maximum atomic E-state index is 13.0. The third kappa shape index (κ3) is 3.18. The molecule has 0 aliphatic carbocycles. The molecule has 1 atom stereocenters. The van der Waals surface area contributed by atoms with Gasteiger partial charge in [0.1, 0.15) is 5.82 Å². The molecule has 6 heteroatoms. The van der Waals surface area contributed by atoms with Gasteiger partial charge in [-0.15, -0.1) is 0 Å². The minimum atomic E-state index is -4.37. The van der Waals surface area contributed by atoms with Gasteiger partial charge in [0.2, 0.25) is 0 Å². The molecule has 1 fully saturated rings. The molecule has 2 rings (SSSR count). The molecule has 1 aliphatic rings. The molecular formula is C13H18F3N3. The number of alkyl halides is 3. The van der Waals surface area contributed by atoms with Gasteiger partial charge in [-0.05, 0) is 44.4 Å². The van der Waals surface area contributed by atoms with Crippen molar-refractivity contribution in [1.29, 1.82) is 0 Å². The van der Waals surface area contributed by atoms with Crippen molar-refractivity contribution in [1.82, 2.24) is 4.98 Å². The second-order valence-corrected chi connectivity index (χ2v) is 4.79. The largest absolute Gasteiger partial charge is 0.419 e. The first-order valence-electron chi connectivity index (χ1n) is 6.53. The Balaban J connectivity index is 2.33. The fraction of sp³-hybridized carbons (Fsp3) is 0.615. The number of aromatic nitrogens is 1.